The fourth-order valence-corrected chi connectivity index (χ4v) is 3.24. The van der Waals surface area contributed by atoms with Gasteiger partial charge in [-0.1, -0.05) is 42.0 Å². The van der Waals surface area contributed by atoms with Gasteiger partial charge in [-0.15, -0.1) is 0 Å². The van der Waals surface area contributed by atoms with E-state index < -0.39 is 6.09 Å². The highest BCUT2D eigenvalue weighted by Gasteiger charge is 2.44. The molecule has 6 heteroatoms. The second-order valence-electron chi connectivity index (χ2n) is 6.63. The predicted octanol–water partition coefficient (Wildman–Crippen LogP) is 2.47. The van der Waals surface area contributed by atoms with Crippen LogP contribution >= 0.6 is 0 Å². The second-order valence-corrected chi connectivity index (χ2v) is 6.63. The van der Waals surface area contributed by atoms with Crippen LogP contribution in [0.4, 0.5) is 4.79 Å². The van der Waals surface area contributed by atoms with Crippen LogP contribution in [0.3, 0.4) is 0 Å². The lowest BCUT2D eigenvalue weighted by atomic mass is 10.0. The molecule has 0 saturated carbocycles. The van der Waals surface area contributed by atoms with Crippen LogP contribution in [0.1, 0.15) is 15.9 Å². The minimum absolute atomic E-state index is 0.100. The zero-order valence-corrected chi connectivity index (χ0v) is 14.3. The summed E-state index contributed by atoms with van der Waals surface area (Å²) in [7, 11) is 0. The van der Waals surface area contributed by atoms with Crippen LogP contribution in [-0.2, 0) is 9.53 Å². The highest BCUT2D eigenvalue weighted by atomic mass is 16.6. The first-order chi connectivity index (χ1) is 12.5. The summed E-state index contributed by atoms with van der Waals surface area (Å²) in [6.07, 6.45) is -0.616. The van der Waals surface area contributed by atoms with E-state index in [9.17, 15) is 14.4 Å². The molecule has 2 aliphatic rings. The van der Waals surface area contributed by atoms with Gasteiger partial charge in [0, 0.05) is 18.7 Å². The molecule has 3 amide bonds. The predicted molar refractivity (Wildman–Crippen MR) is 94.5 cm³/mol. The first kappa shape index (κ1) is 16.3. The van der Waals surface area contributed by atoms with Crippen molar-refractivity contribution in [2.24, 2.45) is 0 Å². The molecule has 2 fully saturated rings. The number of cyclic esters (lactones) is 1. The molecule has 0 unspecified atom stereocenters. The summed E-state index contributed by atoms with van der Waals surface area (Å²) in [6.45, 7) is 2.53. The van der Waals surface area contributed by atoms with Crippen LogP contribution < -0.4 is 0 Å². The second kappa shape index (κ2) is 6.29. The van der Waals surface area contributed by atoms with Gasteiger partial charge in [0.05, 0.1) is 6.04 Å². The summed E-state index contributed by atoms with van der Waals surface area (Å²) in [5.74, 6) is -0.439. The minimum atomic E-state index is -0.616. The Bertz CT molecular complexity index is 852. The smallest absolute Gasteiger partial charge is 0.417 e. The molecule has 2 aromatic rings. The van der Waals surface area contributed by atoms with Gasteiger partial charge in [0.1, 0.15) is 0 Å². The Hall–Kier alpha value is -3.15. The Morgan fingerprint density at radius 1 is 0.962 bits per heavy atom. The highest BCUT2D eigenvalue weighted by molar-refractivity contribution is 5.99. The van der Waals surface area contributed by atoms with E-state index in [4.69, 9.17) is 4.74 Å². The molecule has 0 bridgehead atoms. The molecule has 2 heterocycles. The van der Waals surface area contributed by atoms with Crippen molar-refractivity contribution < 1.29 is 19.1 Å². The molecule has 2 aromatic carbocycles. The molecule has 0 atom stereocenters. The summed E-state index contributed by atoms with van der Waals surface area (Å²) in [5, 5.41) is 0. The molecule has 0 radical (unpaired) electrons. The number of rotatable bonds is 3. The van der Waals surface area contributed by atoms with E-state index >= 15 is 0 Å². The van der Waals surface area contributed by atoms with Gasteiger partial charge < -0.3 is 9.64 Å². The lowest BCUT2D eigenvalue weighted by molar-refractivity contribution is -0.129. The zero-order chi connectivity index (χ0) is 18.3. The van der Waals surface area contributed by atoms with Crippen LogP contribution in [-0.4, -0.2) is 53.4 Å². The third-order valence-electron chi connectivity index (χ3n) is 4.82. The van der Waals surface area contributed by atoms with E-state index in [2.05, 4.69) is 24.3 Å². The van der Waals surface area contributed by atoms with Gasteiger partial charge in [-0.05, 0) is 30.2 Å². The van der Waals surface area contributed by atoms with E-state index in [1.807, 2.05) is 19.1 Å². The van der Waals surface area contributed by atoms with Gasteiger partial charge in [0.15, 0.2) is 6.61 Å². The van der Waals surface area contributed by atoms with Crippen LogP contribution in [0.2, 0.25) is 0 Å². The molecule has 0 N–H and O–H groups in total. The zero-order valence-electron chi connectivity index (χ0n) is 14.3. The maximum Gasteiger partial charge on any atom is 0.417 e. The topological polar surface area (TPSA) is 66.9 Å². The molecule has 2 saturated heterocycles. The van der Waals surface area contributed by atoms with E-state index in [1.165, 1.54) is 5.56 Å². The summed E-state index contributed by atoms with van der Waals surface area (Å²) >= 11 is 0. The van der Waals surface area contributed by atoms with Crippen molar-refractivity contribution in [3.05, 3.63) is 59.7 Å². The summed E-state index contributed by atoms with van der Waals surface area (Å²) in [4.78, 5) is 38.5. The molecule has 0 aliphatic carbocycles. The Morgan fingerprint density at radius 2 is 1.54 bits per heavy atom. The van der Waals surface area contributed by atoms with Crippen LogP contribution in [0.25, 0.3) is 11.1 Å². The fourth-order valence-electron chi connectivity index (χ4n) is 3.24. The van der Waals surface area contributed by atoms with Gasteiger partial charge in [0.25, 0.3) is 11.8 Å². The number of nitrogens with zero attached hydrogens (tertiary/aromatic N) is 2. The average molecular weight is 350 g/mol. The molecule has 0 spiro atoms. The molecule has 0 aromatic heterocycles. The van der Waals surface area contributed by atoms with Crippen LogP contribution in [0, 0.1) is 6.92 Å². The summed E-state index contributed by atoms with van der Waals surface area (Å²) in [5.41, 5.74) is 3.95. The minimum Gasteiger partial charge on any atom is -0.439 e. The number of hydrogen-bond donors (Lipinski definition) is 0. The number of imide groups is 1. The van der Waals surface area contributed by atoms with E-state index in [0.717, 1.165) is 16.0 Å². The molecule has 2 aliphatic heterocycles. The molecular weight excluding hydrogens is 332 g/mol. The molecule has 132 valence electrons. The van der Waals surface area contributed by atoms with Crippen molar-refractivity contribution in [2.75, 3.05) is 19.7 Å². The first-order valence-corrected chi connectivity index (χ1v) is 8.48. The van der Waals surface area contributed by atoms with Gasteiger partial charge in [-0.3, -0.25) is 9.59 Å². The van der Waals surface area contributed by atoms with E-state index in [-0.39, 0.29) is 24.5 Å². The van der Waals surface area contributed by atoms with Crippen LogP contribution in [0.15, 0.2) is 48.5 Å². The van der Waals surface area contributed by atoms with Gasteiger partial charge in [-0.25, -0.2) is 9.69 Å². The van der Waals surface area contributed by atoms with Crippen molar-refractivity contribution in [1.29, 1.82) is 0 Å². The van der Waals surface area contributed by atoms with Crippen molar-refractivity contribution in [2.45, 2.75) is 13.0 Å². The Kier molecular flexibility index (Phi) is 3.95. The Balaban J connectivity index is 1.41. The number of ether oxygens (including phenoxy) is 1. The third kappa shape index (κ3) is 2.83. The largest absolute Gasteiger partial charge is 0.439 e. The van der Waals surface area contributed by atoms with Gasteiger partial charge in [0.2, 0.25) is 0 Å². The SMILES string of the molecule is Cc1ccc(-c2ccc(C(=O)N3CC(N4C(=O)COC4=O)C3)cc2)cc1. The normalized spacial score (nSPS) is 17.3. The number of hydrogen-bond acceptors (Lipinski definition) is 4. The third-order valence-corrected chi connectivity index (χ3v) is 4.82. The van der Waals surface area contributed by atoms with Crippen molar-refractivity contribution in [3.63, 3.8) is 0 Å². The number of amides is 3. The number of carbonyl (C=O) groups is 3. The van der Waals surface area contributed by atoms with Crippen molar-refractivity contribution >= 4 is 17.9 Å². The van der Waals surface area contributed by atoms with Gasteiger partial charge in [-0.2, -0.15) is 0 Å². The number of benzene rings is 2. The molecule has 26 heavy (non-hydrogen) atoms. The number of likely N-dealkylation sites (tertiary alicyclic amines) is 1. The monoisotopic (exact) mass is 350 g/mol. The summed E-state index contributed by atoms with van der Waals surface area (Å²) in [6, 6.07) is 15.4. The summed E-state index contributed by atoms with van der Waals surface area (Å²) < 4.78 is 4.71. The maximum absolute atomic E-state index is 12.5. The van der Waals surface area contributed by atoms with Gasteiger partial charge >= 0.3 is 6.09 Å². The van der Waals surface area contributed by atoms with Crippen molar-refractivity contribution in [3.8, 4) is 11.1 Å². The standard InChI is InChI=1S/C20H18N2O4/c1-13-2-4-14(5-3-13)15-6-8-16(9-7-15)19(24)21-10-17(11-21)22-18(23)12-26-20(22)25/h2-9,17H,10-12H2,1H3. The molecular formula is C20H18N2O4. The quantitative estimate of drug-likeness (QED) is 0.853. The highest BCUT2D eigenvalue weighted by Crippen LogP contribution is 2.24. The van der Waals surface area contributed by atoms with E-state index in [0.29, 0.717) is 18.7 Å². The lowest BCUT2D eigenvalue weighted by Crippen LogP contribution is -2.62. The average Bonchev–Trinajstić information content (AvgIpc) is 2.94. The van der Waals surface area contributed by atoms with E-state index in [1.54, 1.807) is 17.0 Å². The number of carbonyl (C=O) groups excluding carboxylic acids is 3. The van der Waals surface area contributed by atoms with Crippen molar-refractivity contribution in [1.82, 2.24) is 9.80 Å². The lowest BCUT2D eigenvalue weighted by Gasteiger charge is -2.41. The Labute approximate surface area is 151 Å². The first-order valence-electron chi connectivity index (χ1n) is 8.48. The van der Waals surface area contributed by atoms with Crippen LogP contribution in [0.5, 0.6) is 0 Å². The fraction of sp³-hybridized carbons (Fsp3) is 0.250. The molecule has 6 nitrogen and oxygen atoms in total. The Morgan fingerprint density at radius 3 is 2.08 bits per heavy atom. The molecule has 4 rings (SSSR count). The maximum atomic E-state index is 12.5. The number of aryl methyl sites for hydroxylation is 1.